The predicted octanol–water partition coefficient (Wildman–Crippen LogP) is 5.62. The van der Waals surface area contributed by atoms with Gasteiger partial charge in [0.2, 0.25) is 0 Å². The van der Waals surface area contributed by atoms with E-state index in [9.17, 15) is 18.5 Å². The van der Waals surface area contributed by atoms with E-state index >= 15 is 0 Å². The van der Waals surface area contributed by atoms with Crippen molar-refractivity contribution in [3.05, 3.63) is 93.5 Å². The summed E-state index contributed by atoms with van der Waals surface area (Å²) in [5.74, 6) is -0.944. The van der Waals surface area contributed by atoms with Crippen LogP contribution in [0.25, 0.3) is 6.08 Å². The fraction of sp³-hybridized carbons (Fsp3) is 0.0435. The van der Waals surface area contributed by atoms with Gasteiger partial charge in [0, 0.05) is 16.3 Å². The number of benzene rings is 3. The van der Waals surface area contributed by atoms with Crippen LogP contribution in [-0.4, -0.2) is 14.3 Å². The van der Waals surface area contributed by atoms with E-state index in [4.69, 9.17) is 27.4 Å². The normalized spacial score (nSPS) is 11.5. The van der Waals surface area contributed by atoms with Crippen molar-refractivity contribution in [1.82, 2.24) is 0 Å². The summed E-state index contributed by atoms with van der Waals surface area (Å²) < 4.78 is 30.6. The monoisotopic (exact) mass is 486 g/mol. The van der Waals surface area contributed by atoms with Gasteiger partial charge in [-0.2, -0.15) is 13.7 Å². The standard InChI is InChI=1S/C23H16Cl2N2O4S/c1-15-7-9-19(10-8-15)27-23(28)17(14-26)11-16-12-18(24)13-21(25)22(16)31-32(29,30)20-5-3-2-4-6-20/h2-13H,1H3,(H,27,28)/b17-11+. The van der Waals surface area contributed by atoms with Crippen LogP contribution in [0.4, 0.5) is 5.69 Å². The molecule has 3 rings (SSSR count). The average molecular weight is 487 g/mol. The molecule has 0 aliphatic carbocycles. The number of hydrogen-bond acceptors (Lipinski definition) is 5. The number of carbonyl (C=O) groups excluding carboxylic acids is 1. The fourth-order valence-corrected chi connectivity index (χ4v) is 4.25. The Morgan fingerprint density at radius 1 is 1.06 bits per heavy atom. The van der Waals surface area contributed by atoms with Crippen LogP contribution in [0.2, 0.25) is 10.0 Å². The van der Waals surface area contributed by atoms with Crippen molar-refractivity contribution in [2.75, 3.05) is 5.32 Å². The van der Waals surface area contributed by atoms with Crippen molar-refractivity contribution in [2.24, 2.45) is 0 Å². The minimum Gasteiger partial charge on any atom is -0.377 e. The van der Waals surface area contributed by atoms with E-state index in [-0.39, 0.29) is 31.8 Å². The molecule has 0 bridgehead atoms. The molecule has 0 aromatic heterocycles. The molecule has 3 aromatic carbocycles. The maximum absolute atomic E-state index is 12.7. The predicted molar refractivity (Wildman–Crippen MR) is 124 cm³/mol. The number of rotatable bonds is 6. The Morgan fingerprint density at radius 2 is 1.72 bits per heavy atom. The van der Waals surface area contributed by atoms with E-state index in [2.05, 4.69) is 5.32 Å². The zero-order valence-corrected chi connectivity index (χ0v) is 19.0. The third-order valence-electron chi connectivity index (χ3n) is 4.24. The van der Waals surface area contributed by atoms with Gasteiger partial charge < -0.3 is 9.50 Å². The first kappa shape index (κ1) is 23.4. The largest absolute Gasteiger partial charge is 0.377 e. The SMILES string of the molecule is Cc1ccc(NC(=O)/C(C#N)=C/c2cc(Cl)cc(Cl)c2OS(=O)(=O)c2ccccc2)cc1. The Kier molecular flexibility index (Phi) is 7.21. The first-order valence-corrected chi connectivity index (χ1v) is 11.3. The molecule has 0 aliphatic heterocycles. The molecule has 0 aliphatic rings. The molecular weight excluding hydrogens is 471 g/mol. The van der Waals surface area contributed by atoms with Crippen molar-refractivity contribution in [2.45, 2.75) is 11.8 Å². The first-order chi connectivity index (χ1) is 15.2. The number of anilines is 1. The highest BCUT2D eigenvalue weighted by molar-refractivity contribution is 7.87. The average Bonchev–Trinajstić information content (AvgIpc) is 2.76. The highest BCUT2D eigenvalue weighted by Crippen LogP contribution is 2.36. The lowest BCUT2D eigenvalue weighted by Gasteiger charge is -2.12. The fourth-order valence-electron chi connectivity index (χ4n) is 2.66. The van der Waals surface area contributed by atoms with Crippen LogP contribution in [0.1, 0.15) is 11.1 Å². The summed E-state index contributed by atoms with van der Waals surface area (Å²) in [5, 5.41) is 12.2. The number of nitrogens with one attached hydrogen (secondary N) is 1. The van der Waals surface area contributed by atoms with E-state index in [1.807, 2.05) is 19.1 Å². The summed E-state index contributed by atoms with van der Waals surface area (Å²) >= 11 is 12.3. The summed E-state index contributed by atoms with van der Waals surface area (Å²) in [4.78, 5) is 12.5. The van der Waals surface area contributed by atoms with Gasteiger partial charge in [-0.3, -0.25) is 4.79 Å². The van der Waals surface area contributed by atoms with Gasteiger partial charge in [-0.15, -0.1) is 0 Å². The molecule has 9 heteroatoms. The zero-order valence-electron chi connectivity index (χ0n) is 16.7. The molecule has 162 valence electrons. The van der Waals surface area contributed by atoms with Crippen LogP contribution in [0.15, 0.2) is 77.2 Å². The lowest BCUT2D eigenvalue weighted by Crippen LogP contribution is -2.14. The van der Waals surface area contributed by atoms with Gasteiger partial charge in [0.15, 0.2) is 5.75 Å². The van der Waals surface area contributed by atoms with E-state index in [1.165, 1.54) is 24.3 Å². The van der Waals surface area contributed by atoms with Gasteiger partial charge in [0.05, 0.1) is 5.02 Å². The molecule has 0 radical (unpaired) electrons. The Bertz CT molecular complexity index is 1330. The van der Waals surface area contributed by atoms with Crippen molar-refractivity contribution < 1.29 is 17.4 Å². The smallest absolute Gasteiger partial charge is 0.339 e. The van der Waals surface area contributed by atoms with Gasteiger partial charge in [-0.1, -0.05) is 59.1 Å². The topological polar surface area (TPSA) is 96.3 Å². The third-order valence-corrected chi connectivity index (χ3v) is 5.97. The minimum absolute atomic E-state index is 0.0533. The van der Waals surface area contributed by atoms with Crippen molar-refractivity contribution >= 4 is 51.0 Å². The Hall–Kier alpha value is -3.31. The van der Waals surface area contributed by atoms with E-state index < -0.39 is 16.0 Å². The van der Waals surface area contributed by atoms with Crippen molar-refractivity contribution in [3.8, 4) is 11.8 Å². The minimum atomic E-state index is -4.23. The lowest BCUT2D eigenvalue weighted by molar-refractivity contribution is -0.112. The van der Waals surface area contributed by atoms with E-state index in [1.54, 1.807) is 36.4 Å². The van der Waals surface area contributed by atoms with Gasteiger partial charge in [0.1, 0.15) is 16.5 Å². The van der Waals surface area contributed by atoms with Crippen LogP contribution >= 0.6 is 23.2 Å². The molecule has 0 unspecified atom stereocenters. The van der Waals surface area contributed by atoms with Gasteiger partial charge >= 0.3 is 10.1 Å². The molecule has 1 amide bonds. The summed E-state index contributed by atoms with van der Waals surface area (Å²) in [5.41, 5.74) is 1.26. The molecule has 3 aromatic rings. The number of carbonyl (C=O) groups is 1. The van der Waals surface area contributed by atoms with E-state index in [0.29, 0.717) is 5.69 Å². The molecule has 0 heterocycles. The second kappa shape index (κ2) is 9.88. The second-order valence-electron chi connectivity index (χ2n) is 6.65. The molecule has 32 heavy (non-hydrogen) atoms. The molecule has 0 fully saturated rings. The maximum Gasteiger partial charge on any atom is 0.339 e. The second-order valence-corrected chi connectivity index (χ2v) is 9.04. The number of nitriles is 1. The molecule has 1 N–H and O–H groups in total. The number of halogens is 2. The quantitative estimate of drug-likeness (QED) is 0.277. The summed E-state index contributed by atoms with van der Waals surface area (Å²) in [6.07, 6.45) is 1.16. The Morgan fingerprint density at radius 3 is 2.34 bits per heavy atom. The molecular formula is C23H16Cl2N2O4S. The molecule has 0 saturated carbocycles. The molecule has 6 nitrogen and oxygen atoms in total. The molecule has 0 saturated heterocycles. The van der Waals surface area contributed by atoms with Gasteiger partial charge in [0.25, 0.3) is 5.91 Å². The van der Waals surface area contributed by atoms with Crippen molar-refractivity contribution in [3.63, 3.8) is 0 Å². The van der Waals surface area contributed by atoms with Crippen molar-refractivity contribution in [1.29, 1.82) is 5.26 Å². The Labute approximate surface area is 195 Å². The van der Waals surface area contributed by atoms with Crippen LogP contribution < -0.4 is 9.50 Å². The number of aryl methyl sites for hydroxylation is 1. The Balaban J connectivity index is 1.99. The van der Waals surface area contributed by atoms with Crippen LogP contribution in [0, 0.1) is 18.3 Å². The van der Waals surface area contributed by atoms with Crippen LogP contribution in [0.5, 0.6) is 5.75 Å². The molecule has 0 atom stereocenters. The summed E-state index contributed by atoms with van der Waals surface area (Å²) in [6, 6.07) is 18.9. The van der Waals surface area contributed by atoms with Crippen LogP contribution in [0.3, 0.4) is 0 Å². The zero-order chi connectivity index (χ0) is 23.3. The highest BCUT2D eigenvalue weighted by atomic mass is 35.5. The molecule has 0 spiro atoms. The van der Waals surface area contributed by atoms with Gasteiger partial charge in [-0.05, 0) is 49.4 Å². The first-order valence-electron chi connectivity index (χ1n) is 9.18. The van der Waals surface area contributed by atoms with E-state index in [0.717, 1.165) is 11.6 Å². The maximum atomic E-state index is 12.7. The number of amides is 1. The van der Waals surface area contributed by atoms with Gasteiger partial charge in [-0.25, -0.2) is 0 Å². The lowest BCUT2D eigenvalue weighted by atomic mass is 10.1. The third kappa shape index (κ3) is 5.68. The number of nitrogens with zero attached hydrogens (tertiary/aromatic N) is 1. The summed E-state index contributed by atoms with van der Waals surface area (Å²) in [6.45, 7) is 1.90. The van der Waals surface area contributed by atoms with Crippen LogP contribution in [-0.2, 0) is 14.9 Å². The highest BCUT2D eigenvalue weighted by Gasteiger charge is 2.22. The number of hydrogen-bond donors (Lipinski definition) is 1. The summed E-state index contributed by atoms with van der Waals surface area (Å²) in [7, 11) is -4.23.